The van der Waals surface area contributed by atoms with Crippen molar-refractivity contribution < 1.29 is 9.00 Å². The Bertz CT molecular complexity index is 1010. The lowest BCUT2D eigenvalue weighted by molar-refractivity contribution is 0.0973. The van der Waals surface area contributed by atoms with Gasteiger partial charge in [-0.15, -0.1) is 0 Å². The summed E-state index contributed by atoms with van der Waals surface area (Å²) in [7, 11) is -2.75. The van der Waals surface area contributed by atoms with Gasteiger partial charge in [0.1, 0.15) is 0 Å². The highest BCUT2D eigenvalue weighted by Crippen LogP contribution is 2.35. The quantitative estimate of drug-likeness (QED) is 0.264. The summed E-state index contributed by atoms with van der Waals surface area (Å²) in [6.45, 7) is 8.98. The van der Waals surface area contributed by atoms with Gasteiger partial charge in [0, 0.05) is 36.1 Å². The molecule has 0 N–H and O–H groups in total. The highest BCUT2D eigenvalue weighted by atomic mass is 32.2. The van der Waals surface area contributed by atoms with E-state index in [4.69, 9.17) is 0 Å². The van der Waals surface area contributed by atoms with Crippen molar-refractivity contribution in [1.29, 1.82) is 0 Å². The molecule has 0 aliphatic heterocycles. The van der Waals surface area contributed by atoms with Gasteiger partial charge in [-0.2, -0.15) is 0 Å². The first kappa shape index (κ1) is 23.4. The molecule has 162 valence electrons. The fraction of sp³-hybridized carbons (Fsp3) is 0.296. The molecule has 1 unspecified atom stereocenters. The van der Waals surface area contributed by atoms with E-state index in [1.807, 2.05) is 79.7 Å². The lowest BCUT2D eigenvalue weighted by atomic mass is 9.89. The van der Waals surface area contributed by atoms with Crippen LogP contribution in [-0.4, -0.2) is 23.3 Å². The Morgan fingerprint density at radius 3 is 1.94 bits per heavy atom. The fourth-order valence-electron chi connectivity index (χ4n) is 3.92. The van der Waals surface area contributed by atoms with Crippen LogP contribution in [0.1, 0.15) is 33.8 Å². The molecule has 0 saturated heterocycles. The number of benzene rings is 3. The highest BCUT2D eigenvalue weighted by molar-refractivity contribution is 7.85. The van der Waals surface area contributed by atoms with Gasteiger partial charge >= 0.3 is 0 Å². The molecule has 0 aliphatic rings. The van der Waals surface area contributed by atoms with Gasteiger partial charge in [0.05, 0.1) is 10.8 Å². The van der Waals surface area contributed by atoms with Gasteiger partial charge in [-0.05, 0) is 30.7 Å². The summed E-state index contributed by atoms with van der Waals surface area (Å²) in [4.78, 5) is 14.1. The minimum atomic E-state index is -1.56. The maximum atomic E-state index is 13.9. The predicted octanol–water partition coefficient (Wildman–Crippen LogP) is 6.87. The molecular formula is C27H32O2SSi. The van der Waals surface area contributed by atoms with Crippen molar-refractivity contribution in [1.82, 2.24) is 0 Å². The van der Waals surface area contributed by atoms with Gasteiger partial charge in [0.2, 0.25) is 0 Å². The zero-order valence-electron chi connectivity index (χ0n) is 18.9. The molecule has 2 nitrogen and oxygen atoms in total. The van der Waals surface area contributed by atoms with E-state index in [0.29, 0.717) is 6.42 Å². The van der Waals surface area contributed by atoms with Gasteiger partial charge in [0.25, 0.3) is 0 Å². The first-order chi connectivity index (χ1) is 14.7. The molecule has 0 radical (unpaired) electrons. The van der Waals surface area contributed by atoms with Crippen LogP contribution in [0, 0.1) is 6.92 Å². The van der Waals surface area contributed by atoms with E-state index in [2.05, 4.69) is 31.8 Å². The highest BCUT2D eigenvalue weighted by Gasteiger charge is 2.35. The van der Waals surface area contributed by atoms with Crippen molar-refractivity contribution in [3.8, 4) is 0 Å². The fourth-order valence-corrected chi connectivity index (χ4v) is 8.83. The monoisotopic (exact) mass is 448 g/mol. The zero-order chi connectivity index (χ0) is 22.4. The standard InChI is InChI=1S/C27H32O2SSi/c1-21-15-17-24(18-16-21)30(29)27(20-31(2,3)4)25(22-11-7-5-8-12-22)19-26(28)23-13-9-6-10-14-23/h5-18,25,27H,19-20H2,1-4H3/t25-,27+,30?/m1/s1. The van der Waals surface area contributed by atoms with E-state index in [9.17, 15) is 9.00 Å². The van der Waals surface area contributed by atoms with Crippen molar-refractivity contribution in [3.63, 3.8) is 0 Å². The third-order valence-electron chi connectivity index (χ3n) is 5.52. The average molecular weight is 449 g/mol. The van der Waals surface area contributed by atoms with Crippen LogP contribution in [0.2, 0.25) is 25.7 Å². The number of ketones is 1. The van der Waals surface area contributed by atoms with E-state index < -0.39 is 18.9 Å². The first-order valence-corrected chi connectivity index (χ1v) is 15.8. The minimum absolute atomic E-state index is 0.0947. The molecule has 0 fully saturated rings. The molecule has 31 heavy (non-hydrogen) atoms. The molecule has 3 atom stereocenters. The van der Waals surface area contributed by atoms with E-state index in [1.165, 1.54) is 0 Å². The van der Waals surface area contributed by atoms with Crippen molar-refractivity contribution in [2.45, 2.75) is 55.1 Å². The number of hydrogen-bond acceptors (Lipinski definition) is 2. The molecule has 0 bridgehead atoms. The minimum Gasteiger partial charge on any atom is -0.294 e. The SMILES string of the molecule is Cc1ccc(S(=O)[C@@H](C[Si](C)(C)C)[C@H](CC(=O)c2ccccc2)c2ccccc2)cc1. The Labute approximate surface area is 190 Å². The maximum absolute atomic E-state index is 13.9. The lowest BCUT2D eigenvalue weighted by Gasteiger charge is -2.31. The Balaban J connectivity index is 2.02. The van der Waals surface area contributed by atoms with Crippen molar-refractivity contribution >= 4 is 24.7 Å². The molecule has 4 heteroatoms. The summed E-state index contributed by atoms with van der Waals surface area (Å²) in [5.74, 6) is 0.0127. The zero-order valence-corrected chi connectivity index (χ0v) is 20.7. The molecule has 0 aromatic heterocycles. The number of aryl methyl sites for hydroxylation is 1. The smallest absolute Gasteiger partial charge is 0.163 e. The molecule has 0 amide bonds. The molecule has 0 aliphatic carbocycles. The van der Waals surface area contributed by atoms with Crippen LogP contribution in [0.15, 0.2) is 89.8 Å². The van der Waals surface area contributed by atoms with Crippen molar-refractivity contribution in [2.24, 2.45) is 0 Å². The van der Waals surface area contributed by atoms with E-state index in [0.717, 1.165) is 27.6 Å². The van der Waals surface area contributed by atoms with Crippen molar-refractivity contribution in [3.05, 3.63) is 102 Å². The molecular weight excluding hydrogens is 416 g/mol. The number of Topliss-reactive ketones (excluding diaryl/α,β-unsaturated/α-hetero) is 1. The number of hydrogen-bond donors (Lipinski definition) is 0. The second kappa shape index (κ2) is 10.3. The summed E-state index contributed by atoms with van der Waals surface area (Å²) in [5.41, 5.74) is 2.97. The second-order valence-corrected chi connectivity index (χ2v) is 16.6. The average Bonchev–Trinajstić information content (AvgIpc) is 2.76. The van der Waals surface area contributed by atoms with Crippen LogP contribution in [0.25, 0.3) is 0 Å². The predicted molar refractivity (Wildman–Crippen MR) is 134 cm³/mol. The Hall–Kier alpha value is -2.30. The van der Waals surface area contributed by atoms with Gasteiger partial charge in [-0.1, -0.05) is 98.0 Å². The Morgan fingerprint density at radius 1 is 0.839 bits per heavy atom. The first-order valence-electron chi connectivity index (χ1n) is 10.8. The second-order valence-electron chi connectivity index (χ2n) is 9.42. The van der Waals surface area contributed by atoms with Gasteiger partial charge in [-0.3, -0.25) is 9.00 Å². The summed E-state index contributed by atoms with van der Waals surface area (Å²) in [5, 5.41) is -0.107. The van der Waals surface area contributed by atoms with Crippen molar-refractivity contribution in [2.75, 3.05) is 0 Å². The molecule has 3 aromatic carbocycles. The number of rotatable bonds is 9. The summed E-state index contributed by atoms with van der Waals surface area (Å²) in [6.07, 6.45) is 0.362. The van der Waals surface area contributed by atoms with Crippen LogP contribution >= 0.6 is 0 Å². The summed E-state index contributed by atoms with van der Waals surface area (Å²) >= 11 is 0. The lowest BCUT2D eigenvalue weighted by Crippen LogP contribution is -2.35. The van der Waals surface area contributed by atoms with Crippen LogP contribution < -0.4 is 0 Å². The Kier molecular flexibility index (Phi) is 7.79. The third kappa shape index (κ3) is 6.59. The number of carbonyl (C=O) groups is 1. The van der Waals surface area contributed by atoms with Crippen LogP contribution in [0.3, 0.4) is 0 Å². The van der Waals surface area contributed by atoms with Crippen LogP contribution in [-0.2, 0) is 10.8 Å². The van der Waals surface area contributed by atoms with Crippen LogP contribution in [0.5, 0.6) is 0 Å². The van der Waals surface area contributed by atoms with E-state index in [-0.39, 0.29) is 17.0 Å². The summed E-state index contributed by atoms with van der Waals surface area (Å²) < 4.78 is 13.9. The summed E-state index contributed by atoms with van der Waals surface area (Å²) in [6, 6.07) is 28.5. The van der Waals surface area contributed by atoms with Gasteiger partial charge in [0.15, 0.2) is 5.78 Å². The number of carbonyl (C=O) groups excluding carboxylic acids is 1. The largest absolute Gasteiger partial charge is 0.294 e. The van der Waals surface area contributed by atoms with Gasteiger partial charge in [-0.25, -0.2) is 0 Å². The van der Waals surface area contributed by atoms with Gasteiger partial charge < -0.3 is 0 Å². The Morgan fingerprint density at radius 2 is 1.39 bits per heavy atom. The molecule has 0 saturated carbocycles. The van der Waals surface area contributed by atoms with Crippen LogP contribution in [0.4, 0.5) is 0 Å². The molecule has 0 spiro atoms. The molecule has 3 rings (SSSR count). The topological polar surface area (TPSA) is 34.1 Å². The van der Waals surface area contributed by atoms with E-state index in [1.54, 1.807) is 0 Å². The molecule has 0 heterocycles. The molecule has 3 aromatic rings. The van der Waals surface area contributed by atoms with E-state index >= 15 is 0 Å². The maximum Gasteiger partial charge on any atom is 0.163 e. The third-order valence-corrected chi connectivity index (χ3v) is 9.26. The normalized spacial score (nSPS) is 14.6.